The first-order valence-corrected chi connectivity index (χ1v) is 6.43. The normalized spacial score (nSPS) is 22.5. The minimum absolute atomic E-state index is 0.195. The Balaban J connectivity index is 2.16. The van der Waals surface area contributed by atoms with Crippen molar-refractivity contribution in [2.45, 2.75) is 33.3 Å². The van der Waals surface area contributed by atoms with Gasteiger partial charge in [0, 0.05) is 19.1 Å². The molecule has 0 aromatic carbocycles. The van der Waals surface area contributed by atoms with Crippen molar-refractivity contribution in [3.8, 4) is 0 Å². The second kappa shape index (κ2) is 5.52. The highest BCUT2D eigenvalue weighted by Gasteiger charge is 2.25. The predicted octanol–water partition coefficient (Wildman–Crippen LogP) is 1.63. The number of ether oxygens (including phenoxy) is 1. The van der Waals surface area contributed by atoms with Crippen LogP contribution in [0.2, 0.25) is 0 Å². The van der Waals surface area contributed by atoms with Crippen molar-refractivity contribution >= 4 is 11.8 Å². The maximum absolute atomic E-state index is 11.3. The molecule has 6 heteroatoms. The molecule has 0 amide bonds. The lowest BCUT2D eigenvalue weighted by Gasteiger charge is -2.16. The van der Waals surface area contributed by atoms with Gasteiger partial charge in [0.15, 0.2) is 5.82 Å². The number of aromatic carboxylic acids is 1. The van der Waals surface area contributed by atoms with Crippen LogP contribution in [0.1, 0.15) is 35.0 Å². The molecular formula is C13H19N3O3. The van der Waals surface area contributed by atoms with Crippen LogP contribution in [0.4, 0.5) is 5.82 Å². The zero-order valence-corrected chi connectivity index (χ0v) is 11.4. The summed E-state index contributed by atoms with van der Waals surface area (Å²) in [6.45, 7) is 6.95. The summed E-state index contributed by atoms with van der Waals surface area (Å²) in [6.07, 6.45) is 1.18. The van der Waals surface area contributed by atoms with Crippen molar-refractivity contribution in [2.75, 3.05) is 18.5 Å². The van der Waals surface area contributed by atoms with Crippen molar-refractivity contribution < 1.29 is 14.6 Å². The summed E-state index contributed by atoms with van der Waals surface area (Å²) in [5.74, 6) is -0.256. The number of nitrogens with one attached hydrogen (secondary N) is 1. The lowest BCUT2D eigenvalue weighted by molar-refractivity contribution is 0.0696. The van der Waals surface area contributed by atoms with E-state index in [0.717, 1.165) is 13.0 Å². The van der Waals surface area contributed by atoms with E-state index >= 15 is 0 Å². The second-order valence-corrected chi connectivity index (χ2v) is 4.94. The molecule has 0 aliphatic carbocycles. The fourth-order valence-electron chi connectivity index (χ4n) is 2.27. The Morgan fingerprint density at radius 2 is 2.21 bits per heavy atom. The number of hydrogen-bond acceptors (Lipinski definition) is 5. The Labute approximate surface area is 112 Å². The average Bonchev–Trinajstić information content (AvgIpc) is 2.76. The van der Waals surface area contributed by atoms with Crippen LogP contribution in [-0.4, -0.2) is 40.5 Å². The molecule has 0 radical (unpaired) electrons. The highest BCUT2D eigenvalue weighted by atomic mass is 16.5. The largest absolute Gasteiger partial charge is 0.478 e. The SMILES string of the molecule is Cc1nnc(NCC2CCOC2C)c(C(=O)O)c1C. The van der Waals surface area contributed by atoms with Gasteiger partial charge in [0.2, 0.25) is 0 Å². The molecule has 2 rings (SSSR count). The van der Waals surface area contributed by atoms with E-state index in [1.54, 1.807) is 13.8 Å². The molecule has 1 saturated heterocycles. The molecule has 0 bridgehead atoms. The molecule has 1 aromatic rings. The molecule has 2 N–H and O–H groups in total. The summed E-state index contributed by atoms with van der Waals surface area (Å²) < 4.78 is 5.48. The number of nitrogens with zero attached hydrogens (tertiary/aromatic N) is 2. The molecule has 2 atom stereocenters. The predicted molar refractivity (Wildman–Crippen MR) is 70.5 cm³/mol. The number of aromatic nitrogens is 2. The van der Waals surface area contributed by atoms with Crippen molar-refractivity contribution in [1.29, 1.82) is 0 Å². The van der Waals surface area contributed by atoms with Crippen molar-refractivity contribution in [1.82, 2.24) is 10.2 Å². The third-order valence-electron chi connectivity index (χ3n) is 3.73. The van der Waals surface area contributed by atoms with Gasteiger partial charge in [-0.05, 0) is 32.8 Å². The molecule has 1 fully saturated rings. The number of rotatable bonds is 4. The van der Waals surface area contributed by atoms with Crippen LogP contribution >= 0.6 is 0 Å². The van der Waals surface area contributed by atoms with E-state index in [-0.39, 0.29) is 11.7 Å². The first-order valence-electron chi connectivity index (χ1n) is 6.43. The summed E-state index contributed by atoms with van der Waals surface area (Å²) >= 11 is 0. The highest BCUT2D eigenvalue weighted by Crippen LogP contribution is 2.23. The first kappa shape index (κ1) is 13.7. The zero-order valence-electron chi connectivity index (χ0n) is 11.4. The summed E-state index contributed by atoms with van der Waals surface area (Å²) in [4.78, 5) is 11.3. The molecule has 6 nitrogen and oxygen atoms in total. The lowest BCUT2D eigenvalue weighted by atomic mass is 10.0. The van der Waals surface area contributed by atoms with E-state index < -0.39 is 5.97 Å². The quantitative estimate of drug-likeness (QED) is 0.860. The number of anilines is 1. The number of carboxylic acids is 1. The molecule has 19 heavy (non-hydrogen) atoms. The van der Waals surface area contributed by atoms with Crippen LogP contribution in [0, 0.1) is 19.8 Å². The molecular weight excluding hydrogens is 246 g/mol. The molecule has 2 heterocycles. The van der Waals surface area contributed by atoms with Crippen LogP contribution in [0.25, 0.3) is 0 Å². The van der Waals surface area contributed by atoms with Crippen molar-refractivity contribution in [3.63, 3.8) is 0 Å². The van der Waals surface area contributed by atoms with Crippen LogP contribution in [0.3, 0.4) is 0 Å². The van der Waals surface area contributed by atoms with E-state index in [4.69, 9.17) is 4.74 Å². The lowest BCUT2D eigenvalue weighted by Crippen LogP contribution is -2.23. The van der Waals surface area contributed by atoms with E-state index in [0.29, 0.717) is 29.5 Å². The van der Waals surface area contributed by atoms with Gasteiger partial charge >= 0.3 is 5.97 Å². The summed E-state index contributed by atoms with van der Waals surface area (Å²) in [7, 11) is 0. The van der Waals surface area contributed by atoms with Crippen molar-refractivity contribution in [2.24, 2.45) is 5.92 Å². The van der Waals surface area contributed by atoms with Gasteiger partial charge in [0.25, 0.3) is 0 Å². The van der Waals surface area contributed by atoms with Gasteiger partial charge in [-0.1, -0.05) is 0 Å². The second-order valence-electron chi connectivity index (χ2n) is 4.94. The molecule has 0 spiro atoms. The van der Waals surface area contributed by atoms with Crippen LogP contribution in [0.5, 0.6) is 0 Å². The monoisotopic (exact) mass is 265 g/mol. The Hall–Kier alpha value is -1.69. The summed E-state index contributed by atoms with van der Waals surface area (Å²) in [5.41, 5.74) is 1.50. The fraction of sp³-hybridized carbons (Fsp3) is 0.615. The molecule has 1 aliphatic rings. The van der Waals surface area contributed by atoms with Gasteiger partial charge in [-0.25, -0.2) is 4.79 Å². The standard InChI is InChI=1S/C13H19N3O3/c1-7-8(2)15-16-12(11(7)13(17)18)14-6-10-4-5-19-9(10)3/h9-10H,4-6H2,1-3H3,(H,14,16)(H,17,18). The maximum atomic E-state index is 11.3. The van der Waals surface area contributed by atoms with Crippen LogP contribution < -0.4 is 5.32 Å². The zero-order chi connectivity index (χ0) is 14.0. The Bertz CT molecular complexity index is 490. The number of carboxylic acid groups (broad SMARTS) is 1. The minimum Gasteiger partial charge on any atom is -0.478 e. The van der Waals surface area contributed by atoms with E-state index in [9.17, 15) is 9.90 Å². The van der Waals surface area contributed by atoms with E-state index in [1.807, 2.05) is 6.92 Å². The van der Waals surface area contributed by atoms with Gasteiger partial charge in [-0.2, -0.15) is 5.10 Å². The molecule has 1 aromatic heterocycles. The van der Waals surface area contributed by atoms with Crippen LogP contribution in [0.15, 0.2) is 0 Å². The smallest absolute Gasteiger partial charge is 0.339 e. The molecule has 1 aliphatic heterocycles. The third-order valence-corrected chi connectivity index (χ3v) is 3.73. The Kier molecular flexibility index (Phi) is 3.99. The Morgan fingerprint density at radius 1 is 1.47 bits per heavy atom. The van der Waals surface area contributed by atoms with E-state index in [2.05, 4.69) is 15.5 Å². The van der Waals surface area contributed by atoms with Gasteiger partial charge in [-0.3, -0.25) is 0 Å². The highest BCUT2D eigenvalue weighted by molar-refractivity contribution is 5.94. The maximum Gasteiger partial charge on any atom is 0.339 e. The topological polar surface area (TPSA) is 84.3 Å². The minimum atomic E-state index is -0.978. The summed E-state index contributed by atoms with van der Waals surface area (Å²) in [5, 5.41) is 20.3. The summed E-state index contributed by atoms with van der Waals surface area (Å²) in [6, 6.07) is 0. The van der Waals surface area contributed by atoms with Crippen LogP contribution in [-0.2, 0) is 4.74 Å². The molecule has 0 saturated carbocycles. The van der Waals surface area contributed by atoms with Gasteiger partial charge in [-0.15, -0.1) is 5.10 Å². The van der Waals surface area contributed by atoms with Crippen molar-refractivity contribution in [3.05, 3.63) is 16.8 Å². The third kappa shape index (κ3) is 2.84. The molecule has 2 unspecified atom stereocenters. The first-order chi connectivity index (χ1) is 9.00. The van der Waals surface area contributed by atoms with Gasteiger partial charge in [0.1, 0.15) is 5.56 Å². The Morgan fingerprint density at radius 3 is 2.79 bits per heavy atom. The number of carbonyl (C=O) groups is 1. The van der Waals surface area contributed by atoms with Gasteiger partial charge in [0.05, 0.1) is 11.8 Å². The average molecular weight is 265 g/mol. The number of hydrogen-bond donors (Lipinski definition) is 2. The molecule has 104 valence electrons. The fourth-order valence-corrected chi connectivity index (χ4v) is 2.27. The van der Waals surface area contributed by atoms with E-state index in [1.165, 1.54) is 0 Å². The number of aryl methyl sites for hydroxylation is 1. The van der Waals surface area contributed by atoms with Gasteiger partial charge < -0.3 is 15.2 Å².